The topological polar surface area (TPSA) is 48.9 Å². The highest BCUT2D eigenvalue weighted by Gasteiger charge is 2.32. The molecule has 3 heterocycles. The van der Waals surface area contributed by atoms with Crippen LogP contribution in [-0.2, 0) is 10.2 Å². The standard InChI is InChI=1S/C19H32N4OS/c1-4-20-18(22-14-19(2,3)17-8-6-10-25-17)21-11-16-12-23-9-5-7-15(23)13-24-16/h6,8,10,15-16H,4-5,7,9,11-14H2,1-3H3,(H2,20,21,22). The molecule has 2 saturated heterocycles. The van der Waals surface area contributed by atoms with Crippen LogP contribution in [0.25, 0.3) is 0 Å². The molecule has 2 unspecified atom stereocenters. The molecule has 1 aromatic rings. The number of ether oxygens (including phenoxy) is 1. The van der Waals surface area contributed by atoms with Gasteiger partial charge in [0.25, 0.3) is 0 Å². The van der Waals surface area contributed by atoms with Gasteiger partial charge in [0.15, 0.2) is 5.96 Å². The van der Waals surface area contributed by atoms with E-state index in [0.29, 0.717) is 6.04 Å². The summed E-state index contributed by atoms with van der Waals surface area (Å²) in [7, 11) is 0. The summed E-state index contributed by atoms with van der Waals surface area (Å²) >= 11 is 1.80. The van der Waals surface area contributed by atoms with Gasteiger partial charge >= 0.3 is 0 Å². The maximum atomic E-state index is 6.04. The van der Waals surface area contributed by atoms with Crippen LogP contribution in [0, 0.1) is 0 Å². The van der Waals surface area contributed by atoms with Gasteiger partial charge in [0.2, 0.25) is 0 Å². The number of nitrogens with one attached hydrogen (secondary N) is 2. The van der Waals surface area contributed by atoms with Gasteiger partial charge in [-0.2, -0.15) is 0 Å². The van der Waals surface area contributed by atoms with Crippen molar-refractivity contribution in [1.82, 2.24) is 15.5 Å². The Hall–Kier alpha value is -1.11. The Kier molecular flexibility index (Phi) is 6.36. The second-order valence-electron chi connectivity index (χ2n) is 7.68. The first-order chi connectivity index (χ1) is 12.1. The summed E-state index contributed by atoms with van der Waals surface area (Å²) in [5, 5.41) is 8.97. The molecule has 140 valence electrons. The SMILES string of the molecule is CCNC(=NCC(C)(C)c1cccs1)NCC1CN2CCCC2CO1. The lowest BCUT2D eigenvalue weighted by atomic mass is 9.92. The molecule has 2 atom stereocenters. The molecule has 5 nitrogen and oxygen atoms in total. The van der Waals surface area contributed by atoms with E-state index in [2.05, 4.69) is 53.8 Å². The molecule has 0 amide bonds. The van der Waals surface area contributed by atoms with Crippen LogP contribution < -0.4 is 10.6 Å². The fourth-order valence-electron chi connectivity index (χ4n) is 3.58. The maximum Gasteiger partial charge on any atom is 0.191 e. The minimum Gasteiger partial charge on any atom is -0.373 e. The Morgan fingerprint density at radius 1 is 1.44 bits per heavy atom. The van der Waals surface area contributed by atoms with Crippen molar-refractivity contribution in [1.29, 1.82) is 0 Å². The van der Waals surface area contributed by atoms with Crippen molar-refractivity contribution in [2.24, 2.45) is 4.99 Å². The molecule has 0 spiro atoms. The van der Waals surface area contributed by atoms with E-state index >= 15 is 0 Å². The molecule has 0 aliphatic carbocycles. The van der Waals surface area contributed by atoms with Gasteiger partial charge in [-0.15, -0.1) is 11.3 Å². The highest BCUT2D eigenvalue weighted by molar-refractivity contribution is 7.10. The zero-order chi connectivity index (χ0) is 17.7. The molecule has 0 radical (unpaired) electrons. The van der Waals surface area contributed by atoms with Crippen molar-refractivity contribution < 1.29 is 4.74 Å². The van der Waals surface area contributed by atoms with Crippen LogP contribution in [0.1, 0.15) is 38.5 Å². The van der Waals surface area contributed by atoms with Crippen molar-refractivity contribution in [2.45, 2.75) is 51.2 Å². The van der Waals surface area contributed by atoms with Crippen molar-refractivity contribution in [3.05, 3.63) is 22.4 Å². The number of nitrogens with zero attached hydrogens (tertiary/aromatic N) is 2. The quantitative estimate of drug-likeness (QED) is 0.601. The molecule has 25 heavy (non-hydrogen) atoms. The number of guanidine groups is 1. The fraction of sp³-hybridized carbons (Fsp3) is 0.737. The molecule has 0 bridgehead atoms. The molecule has 0 saturated carbocycles. The van der Waals surface area contributed by atoms with E-state index < -0.39 is 0 Å². The van der Waals surface area contributed by atoms with Gasteiger partial charge in [-0.05, 0) is 37.8 Å². The Balaban J connectivity index is 1.52. The van der Waals surface area contributed by atoms with E-state index in [1.807, 2.05) is 0 Å². The highest BCUT2D eigenvalue weighted by atomic mass is 32.1. The summed E-state index contributed by atoms with van der Waals surface area (Å²) in [5.74, 6) is 0.888. The lowest BCUT2D eigenvalue weighted by Gasteiger charge is -2.35. The van der Waals surface area contributed by atoms with Gasteiger partial charge in [0, 0.05) is 36.0 Å². The van der Waals surface area contributed by atoms with Crippen molar-refractivity contribution in [3.63, 3.8) is 0 Å². The van der Waals surface area contributed by atoms with E-state index in [9.17, 15) is 0 Å². The number of morpholine rings is 1. The summed E-state index contributed by atoms with van der Waals surface area (Å²) in [5.41, 5.74) is 0.0562. The normalized spacial score (nSPS) is 25.0. The number of rotatable bonds is 6. The summed E-state index contributed by atoms with van der Waals surface area (Å²) in [6, 6.07) is 4.97. The number of hydrogen-bond acceptors (Lipinski definition) is 4. The molecular weight excluding hydrogens is 332 g/mol. The van der Waals surface area contributed by atoms with Crippen molar-refractivity contribution in [2.75, 3.05) is 39.3 Å². The molecule has 3 rings (SSSR count). The molecule has 2 fully saturated rings. The van der Waals surface area contributed by atoms with Crippen LogP contribution in [-0.4, -0.2) is 62.3 Å². The van der Waals surface area contributed by atoms with E-state index in [0.717, 1.165) is 38.7 Å². The zero-order valence-electron chi connectivity index (χ0n) is 15.8. The molecule has 2 aliphatic rings. The van der Waals surface area contributed by atoms with E-state index in [1.54, 1.807) is 11.3 Å². The Morgan fingerprint density at radius 2 is 2.32 bits per heavy atom. The maximum absolute atomic E-state index is 6.04. The summed E-state index contributed by atoms with van der Waals surface area (Å²) in [6.45, 7) is 12.2. The third-order valence-corrected chi connectivity index (χ3v) is 6.36. The molecule has 0 aromatic carbocycles. The fourth-order valence-corrected chi connectivity index (χ4v) is 4.42. The van der Waals surface area contributed by atoms with E-state index in [1.165, 1.54) is 24.3 Å². The minimum atomic E-state index is 0.0562. The lowest BCUT2D eigenvalue weighted by molar-refractivity contribution is -0.0453. The summed E-state index contributed by atoms with van der Waals surface area (Å²) in [6.07, 6.45) is 2.86. The Bertz CT molecular complexity index is 558. The van der Waals surface area contributed by atoms with Crippen molar-refractivity contribution in [3.8, 4) is 0 Å². The molecule has 6 heteroatoms. The van der Waals surface area contributed by atoms with Gasteiger partial charge in [0.05, 0.1) is 19.3 Å². The van der Waals surface area contributed by atoms with Crippen LogP contribution in [0.3, 0.4) is 0 Å². The lowest BCUT2D eigenvalue weighted by Crippen LogP contribution is -2.51. The summed E-state index contributed by atoms with van der Waals surface area (Å²) in [4.78, 5) is 8.78. The first kappa shape index (κ1) is 18.7. The van der Waals surface area contributed by atoms with Crippen molar-refractivity contribution >= 4 is 17.3 Å². The smallest absolute Gasteiger partial charge is 0.191 e. The highest BCUT2D eigenvalue weighted by Crippen LogP contribution is 2.27. The third kappa shape index (κ3) is 4.96. The average Bonchev–Trinajstić information content (AvgIpc) is 3.28. The van der Waals surface area contributed by atoms with Crippen LogP contribution in [0.2, 0.25) is 0 Å². The van der Waals surface area contributed by atoms with Crippen LogP contribution in [0.5, 0.6) is 0 Å². The van der Waals surface area contributed by atoms with Gasteiger partial charge < -0.3 is 15.4 Å². The largest absolute Gasteiger partial charge is 0.373 e. The van der Waals surface area contributed by atoms with Crippen LogP contribution in [0.15, 0.2) is 22.5 Å². The van der Waals surface area contributed by atoms with Crippen LogP contribution >= 0.6 is 11.3 Å². The minimum absolute atomic E-state index is 0.0562. The number of thiophene rings is 1. The average molecular weight is 365 g/mol. The predicted octanol–water partition coefficient (Wildman–Crippen LogP) is 2.44. The van der Waals surface area contributed by atoms with Gasteiger partial charge in [-0.25, -0.2) is 0 Å². The number of hydrogen-bond donors (Lipinski definition) is 2. The molecule has 2 aliphatic heterocycles. The number of aliphatic imine (C=N–C) groups is 1. The predicted molar refractivity (Wildman–Crippen MR) is 106 cm³/mol. The first-order valence-corrected chi connectivity index (χ1v) is 10.4. The monoisotopic (exact) mass is 364 g/mol. The van der Waals surface area contributed by atoms with Crippen LogP contribution in [0.4, 0.5) is 0 Å². The van der Waals surface area contributed by atoms with Gasteiger partial charge in [0.1, 0.15) is 0 Å². The van der Waals surface area contributed by atoms with E-state index in [-0.39, 0.29) is 11.5 Å². The van der Waals surface area contributed by atoms with E-state index in [4.69, 9.17) is 9.73 Å². The summed E-state index contributed by atoms with van der Waals surface area (Å²) < 4.78 is 6.04. The number of fused-ring (bicyclic) bond motifs is 1. The second kappa shape index (κ2) is 8.52. The first-order valence-electron chi connectivity index (χ1n) is 9.50. The molecule has 1 aromatic heterocycles. The molecule has 2 N–H and O–H groups in total. The third-order valence-electron chi connectivity index (χ3n) is 5.12. The Morgan fingerprint density at radius 3 is 3.08 bits per heavy atom. The second-order valence-corrected chi connectivity index (χ2v) is 8.63. The molecular formula is C19H32N4OS. The Labute approximate surface area is 155 Å². The van der Waals surface area contributed by atoms with Gasteiger partial charge in [-0.3, -0.25) is 9.89 Å². The zero-order valence-corrected chi connectivity index (χ0v) is 16.6. The van der Waals surface area contributed by atoms with Gasteiger partial charge in [-0.1, -0.05) is 19.9 Å².